The van der Waals surface area contributed by atoms with Crippen LogP contribution in [0.5, 0.6) is 5.75 Å². The number of aryl methyl sites for hydroxylation is 3. The standard InChI is InChI=1S/C24H31ClO5S/c1-15-10-16(2)12-17(11-15)30-14-20-19(21(25)13-22(20)27)5-3-4-18-6-7-23(31-18)24(28)29-9-8-26/h6-7,10-12,19-22,26-27H,3-5,8-9,13-14H2,1-2H3/t19-,20-,21-,22-/m1/s1. The van der Waals surface area contributed by atoms with Crippen molar-refractivity contribution in [3.8, 4) is 5.75 Å². The Labute approximate surface area is 193 Å². The van der Waals surface area contributed by atoms with Crippen LogP contribution >= 0.6 is 22.9 Å². The maximum absolute atomic E-state index is 11.9. The van der Waals surface area contributed by atoms with Gasteiger partial charge in [-0.3, -0.25) is 0 Å². The summed E-state index contributed by atoms with van der Waals surface area (Å²) < 4.78 is 11.0. The van der Waals surface area contributed by atoms with E-state index < -0.39 is 12.1 Å². The topological polar surface area (TPSA) is 76.0 Å². The SMILES string of the molecule is Cc1cc(C)cc(OC[C@@H]2[C@@H](CCCc3ccc(C(=O)OCCO)s3)[C@H](Cl)C[C@H]2O)c1. The van der Waals surface area contributed by atoms with Gasteiger partial charge < -0.3 is 19.7 Å². The van der Waals surface area contributed by atoms with Crippen molar-refractivity contribution in [2.45, 2.75) is 51.0 Å². The first kappa shape index (κ1) is 24.1. The molecule has 1 heterocycles. The average molecular weight is 467 g/mol. The highest BCUT2D eigenvalue weighted by molar-refractivity contribution is 7.13. The van der Waals surface area contributed by atoms with Crippen LogP contribution in [0, 0.1) is 25.7 Å². The predicted molar refractivity (Wildman–Crippen MR) is 123 cm³/mol. The Morgan fingerprint density at radius 2 is 1.94 bits per heavy atom. The molecule has 0 unspecified atom stereocenters. The summed E-state index contributed by atoms with van der Waals surface area (Å²) in [6.07, 6.45) is 2.81. The molecule has 3 rings (SSSR count). The zero-order valence-electron chi connectivity index (χ0n) is 18.1. The van der Waals surface area contributed by atoms with Gasteiger partial charge in [-0.1, -0.05) is 6.07 Å². The number of aliphatic hydroxyl groups is 2. The van der Waals surface area contributed by atoms with E-state index in [0.29, 0.717) is 17.9 Å². The summed E-state index contributed by atoms with van der Waals surface area (Å²) in [6.45, 7) is 4.39. The van der Waals surface area contributed by atoms with Crippen LogP contribution in [-0.2, 0) is 11.2 Å². The van der Waals surface area contributed by atoms with Gasteiger partial charge in [-0.2, -0.15) is 0 Å². The lowest BCUT2D eigenvalue weighted by molar-refractivity contribution is 0.0439. The molecule has 1 aliphatic rings. The number of hydrogen-bond donors (Lipinski definition) is 2. The summed E-state index contributed by atoms with van der Waals surface area (Å²) in [5.74, 6) is 0.640. The smallest absolute Gasteiger partial charge is 0.348 e. The predicted octanol–water partition coefficient (Wildman–Crippen LogP) is 4.52. The number of ether oxygens (including phenoxy) is 2. The highest BCUT2D eigenvalue weighted by atomic mass is 35.5. The molecule has 1 fully saturated rings. The number of rotatable bonds is 10. The van der Waals surface area contributed by atoms with Gasteiger partial charge in [0, 0.05) is 16.2 Å². The highest BCUT2D eigenvalue weighted by Crippen LogP contribution is 2.40. The number of aliphatic hydroxyl groups excluding tert-OH is 2. The molecule has 1 aromatic heterocycles. The van der Waals surface area contributed by atoms with Crippen LogP contribution in [0.4, 0.5) is 0 Å². The Kier molecular flexibility index (Phi) is 8.78. The first-order chi connectivity index (χ1) is 14.9. The van der Waals surface area contributed by atoms with Crippen LogP contribution in [0.2, 0.25) is 0 Å². The van der Waals surface area contributed by atoms with E-state index in [2.05, 4.69) is 6.07 Å². The number of esters is 1. The minimum Gasteiger partial charge on any atom is -0.493 e. The number of alkyl halides is 1. The van der Waals surface area contributed by atoms with Crippen molar-refractivity contribution >= 4 is 28.9 Å². The maximum Gasteiger partial charge on any atom is 0.348 e. The third-order valence-corrected chi connectivity index (χ3v) is 7.39. The van der Waals surface area contributed by atoms with Crippen LogP contribution in [0.25, 0.3) is 0 Å². The molecule has 1 aliphatic carbocycles. The lowest BCUT2D eigenvalue weighted by Crippen LogP contribution is -2.27. The van der Waals surface area contributed by atoms with Crippen LogP contribution in [0.3, 0.4) is 0 Å². The van der Waals surface area contributed by atoms with Crippen LogP contribution < -0.4 is 4.74 Å². The quantitative estimate of drug-likeness (QED) is 0.397. The number of benzene rings is 1. The number of carbonyl (C=O) groups excluding carboxylic acids is 1. The average Bonchev–Trinajstić information content (AvgIpc) is 3.28. The van der Waals surface area contributed by atoms with Gasteiger partial charge in [-0.25, -0.2) is 4.79 Å². The lowest BCUT2D eigenvalue weighted by Gasteiger charge is -2.24. The second-order valence-electron chi connectivity index (χ2n) is 8.30. The Hall–Kier alpha value is -1.60. The van der Waals surface area contributed by atoms with Crippen molar-refractivity contribution in [1.29, 1.82) is 0 Å². The fraction of sp³-hybridized carbons (Fsp3) is 0.542. The van der Waals surface area contributed by atoms with Crippen molar-refractivity contribution in [2.75, 3.05) is 19.8 Å². The Morgan fingerprint density at radius 3 is 2.65 bits per heavy atom. The molecular weight excluding hydrogens is 436 g/mol. The van der Waals surface area contributed by atoms with Gasteiger partial charge in [0.2, 0.25) is 0 Å². The van der Waals surface area contributed by atoms with E-state index in [1.54, 1.807) is 6.07 Å². The Morgan fingerprint density at radius 1 is 1.19 bits per heavy atom. The van der Waals surface area contributed by atoms with Gasteiger partial charge in [0.25, 0.3) is 0 Å². The Balaban J connectivity index is 1.52. The van der Waals surface area contributed by atoms with E-state index in [-0.39, 0.29) is 30.4 Å². The number of hydrogen-bond acceptors (Lipinski definition) is 6. The van der Waals surface area contributed by atoms with Gasteiger partial charge in [0.15, 0.2) is 0 Å². The molecule has 4 atom stereocenters. The fourth-order valence-corrected chi connectivity index (χ4v) is 5.75. The first-order valence-electron chi connectivity index (χ1n) is 10.8. The van der Waals surface area contributed by atoms with Gasteiger partial charge in [-0.15, -0.1) is 22.9 Å². The first-order valence-corrected chi connectivity index (χ1v) is 12.0. The summed E-state index contributed by atoms with van der Waals surface area (Å²) in [7, 11) is 0. The summed E-state index contributed by atoms with van der Waals surface area (Å²) in [5, 5.41) is 19.2. The highest BCUT2D eigenvalue weighted by Gasteiger charge is 2.41. The molecule has 5 nitrogen and oxygen atoms in total. The summed E-state index contributed by atoms with van der Waals surface area (Å²) in [5.41, 5.74) is 2.31. The van der Waals surface area contributed by atoms with Gasteiger partial charge >= 0.3 is 5.97 Å². The van der Waals surface area contributed by atoms with Crippen LogP contribution in [0.1, 0.15) is 44.9 Å². The second kappa shape index (κ2) is 11.3. The molecule has 170 valence electrons. The van der Waals surface area contributed by atoms with E-state index in [1.165, 1.54) is 11.3 Å². The number of carbonyl (C=O) groups is 1. The van der Waals surface area contributed by atoms with Crippen molar-refractivity contribution < 1.29 is 24.5 Å². The van der Waals surface area contributed by atoms with E-state index in [9.17, 15) is 9.90 Å². The molecule has 31 heavy (non-hydrogen) atoms. The minimum absolute atomic E-state index is 0.00988. The zero-order chi connectivity index (χ0) is 22.4. The molecular formula is C24H31ClO5S. The molecule has 1 saturated carbocycles. The fourth-order valence-electron chi connectivity index (χ4n) is 4.32. The van der Waals surface area contributed by atoms with Crippen molar-refractivity contribution in [3.63, 3.8) is 0 Å². The molecule has 7 heteroatoms. The Bertz CT molecular complexity index is 847. The van der Waals surface area contributed by atoms with E-state index in [1.807, 2.05) is 32.0 Å². The third-order valence-electron chi connectivity index (χ3n) is 5.76. The third kappa shape index (κ3) is 6.69. The van der Waals surface area contributed by atoms with Gasteiger partial charge in [-0.05, 0) is 80.8 Å². The molecule has 0 aliphatic heterocycles. The molecule has 2 aromatic rings. The number of thiophene rings is 1. The monoisotopic (exact) mass is 466 g/mol. The molecule has 0 bridgehead atoms. The van der Waals surface area contributed by atoms with Crippen molar-refractivity contribution in [3.05, 3.63) is 51.2 Å². The zero-order valence-corrected chi connectivity index (χ0v) is 19.6. The van der Waals surface area contributed by atoms with Crippen molar-refractivity contribution in [1.82, 2.24) is 0 Å². The molecule has 0 radical (unpaired) electrons. The van der Waals surface area contributed by atoms with Gasteiger partial charge in [0.05, 0.1) is 19.3 Å². The normalized spacial score (nSPS) is 23.1. The van der Waals surface area contributed by atoms with Crippen LogP contribution in [-0.4, -0.2) is 47.5 Å². The summed E-state index contributed by atoms with van der Waals surface area (Å²) in [4.78, 5) is 13.5. The van der Waals surface area contributed by atoms with Crippen LogP contribution in [0.15, 0.2) is 30.3 Å². The summed E-state index contributed by atoms with van der Waals surface area (Å²) in [6, 6.07) is 9.85. The molecule has 1 aromatic carbocycles. The summed E-state index contributed by atoms with van der Waals surface area (Å²) >= 11 is 8.00. The minimum atomic E-state index is -0.451. The largest absolute Gasteiger partial charge is 0.493 e. The lowest BCUT2D eigenvalue weighted by atomic mass is 9.90. The van der Waals surface area contributed by atoms with Gasteiger partial charge in [0.1, 0.15) is 17.2 Å². The molecule has 0 saturated heterocycles. The van der Waals surface area contributed by atoms with E-state index in [4.69, 9.17) is 26.2 Å². The molecule has 0 spiro atoms. The van der Waals surface area contributed by atoms with E-state index in [0.717, 1.165) is 41.0 Å². The second-order valence-corrected chi connectivity index (χ2v) is 10.0. The number of halogens is 1. The molecule has 2 N–H and O–H groups in total. The molecule has 0 amide bonds. The van der Waals surface area contributed by atoms with Crippen molar-refractivity contribution in [2.24, 2.45) is 11.8 Å². The maximum atomic E-state index is 11.9. The van der Waals surface area contributed by atoms with E-state index >= 15 is 0 Å².